The fourth-order valence-electron chi connectivity index (χ4n) is 1.73. The van der Waals surface area contributed by atoms with E-state index in [1.807, 2.05) is 37.3 Å². The first kappa shape index (κ1) is 13.3. The molecule has 0 atom stereocenters. The molecule has 0 radical (unpaired) electrons. The Morgan fingerprint density at radius 1 is 1.41 bits per heavy atom. The third-order valence-electron chi connectivity index (χ3n) is 2.59. The standard InChI is InChI=1S/C16H19N/c1-3-5-6-10-16(13-17)15-11-7-9-14(12-15)8-4-2/h3,5,7,9-12H,4,6,8H2,1-2H3/b5-3-,16-10+. The highest BCUT2D eigenvalue weighted by Gasteiger charge is 2.00. The number of hydrogen-bond donors (Lipinski definition) is 0. The molecule has 1 heteroatoms. The Morgan fingerprint density at radius 2 is 2.24 bits per heavy atom. The lowest BCUT2D eigenvalue weighted by Crippen LogP contribution is -1.87. The van der Waals surface area contributed by atoms with Crippen LogP contribution in [0.2, 0.25) is 0 Å². The van der Waals surface area contributed by atoms with Gasteiger partial charge in [-0.25, -0.2) is 0 Å². The maximum atomic E-state index is 9.16. The largest absolute Gasteiger partial charge is 0.192 e. The Bertz CT molecular complexity index is 447. The molecule has 0 N–H and O–H groups in total. The molecule has 0 amide bonds. The van der Waals surface area contributed by atoms with E-state index in [0.717, 1.165) is 30.4 Å². The van der Waals surface area contributed by atoms with Crippen LogP contribution in [0, 0.1) is 11.3 Å². The Labute approximate surface area is 104 Å². The monoisotopic (exact) mass is 225 g/mol. The number of allylic oxidation sites excluding steroid dienone is 4. The SMILES string of the molecule is C/C=C\C/C=C(\C#N)c1cccc(CCC)c1. The smallest absolute Gasteiger partial charge is 0.0994 e. The molecule has 0 unspecified atom stereocenters. The van der Waals surface area contributed by atoms with E-state index < -0.39 is 0 Å². The number of hydrogen-bond acceptors (Lipinski definition) is 1. The first-order valence-electron chi connectivity index (χ1n) is 6.12. The minimum atomic E-state index is 0.765. The van der Waals surface area contributed by atoms with E-state index in [2.05, 4.69) is 25.1 Å². The molecule has 1 nitrogen and oxygen atoms in total. The van der Waals surface area contributed by atoms with Crippen molar-refractivity contribution in [1.82, 2.24) is 0 Å². The van der Waals surface area contributed by atoms with Crippen LogP contribution in [0.1, 0.15) is 37.8 Å². The molecule has 0 saturated carbocycles. The van der Waals surface area contributed by atoms with Crippen molar-refractivity contribution in [1.29, 1.82) is 5.26 Å². The van der Waals surface area contributed by atoms with Gasteiger partial charge in [0.2, 0.25) is 0 Å². The van der Waals surface area contributed by atoms with Crippen LogP contribution in [0.5, 0.6) is 0 Å². The summed E-state index contributed by atoms with van der Waals surface area (Å²) in [6, 6.07) is 10.5. The molecule has 0 aromatic heterocycles. The van der Waals surface area contributed by atoms with Crippen LogP contribution >= 0.6 is 0 Å². The van der Waals surface area contributed by atoms with E-state index in [0.29, 0.717) is 0 Å². The summed E-state index contributed by atoms with van der Waals surface area (Å²) in [4.78, 5) is 0. The highest BCUT2D eigenvalue weighted by molar-refractivity contribution is 5.77. The van der Waals surface area contributed by atoms with Gasteiger partial charge in [-0.3, -0.25) is 0 Å². The molecule has 0 heterocycles. The molecule has 0 saturated heterocycles. The lowest BCUT2D eigenvalue weighted by molar-refractivity contribution is 0.921. The molecule has 1 aromatic rings. The Balaban J connectivity index is 2.92. The fourth-order valence-corrected chi connectivity index (χ4v) is 1.73. The van der Waals surface area contributed by atoms with E-state index >= 15 is 0 Å². The minimum absolute atomic E-state index is 0.765. The second-order valence-electron chi connectivity index (χ2n) is 3.98. The van der Waals surface area contributed by atoms with Gasteiger partial charge in [-0.15, -0.1) is 0 Å². The van der Waals surface area contributed by atoms with Gasteiger partial charge in [-0.1, -0.05) is 55.8 Å². The third kappa shape index (κ3) is 4.28. The molecule has 1 aromatic carbocycles. The van der Waals surface area contributed by atoms with Crippen molar-refractivity contribution >= 4 is 5.57 Å². The Kier molecular flexibility index (Phi) is 5.82. The van der Waals surface area contributed by atoms with Crippen molar-refractivity contribution in [2.24, 2.45) is 0 Å². The molecular weight excluding hydrogens is 206 g/mol. The van der Waals surface area contributed by atoms with Gasteiger partial charge in [-0.05, 0) is 30.9 Å². The van der Waals surface area contributed by atoms with Crippen molar-refractivity contribution < 1.29 is 0 Å². The summed E-state index contributed by atoms with van der Waals surface area (Å²) in [5, 5.41) is 9.16. The summed E-state index contributed by atoms with van der Waals surface area (Å²) in [5.74, 6) is 0. The summed E-state index contributed by atoms with van der Waals surface area (Å²) in [6.07, 6.45) is 9.05. The van der Waals surface area contributed by atoms with Crippen LogP contribution in [0.15, 0.2) is 42.5 Å². The minimum Gasteiger partial charge on any atom is -0.192 e. The summed E-state index contributed by atoms with van der Waals surface area (Å²) in [7, 11) is 0. The van der Waals surface area contributed by atoms with Gasteiger partial charge in [0.15, 0.2) is 0 Å². The predicted molar refractivity (Wildman–Crippen MR) is 73.5 cm³/mol. The van der Waals surface area contributed by atoms with Gasteiger partial charge in [0.25, 0.3) is 0 Å². The average molecular weight is 225 g/mol. The molecule has 1 rings (SSSR count). The zero-order valence-corrected chi connectivity index (χ0v) is 10.6. The first-order chi connectivity index (χ1) is 8.31. The lowest BCUT2D eigenvalue weighted by atomic mass is 10.0. The van der Waals surface area contributed by atoms with Crippen LogP contribution in [0.25, 0.3) is 5.57 Å². The number of aryl methyl sites for hydroxylation is 1. The van der Waals surface area contributed by atoms with Crippen molar-refractivity contribution in [2.45, 2.75) is 33.1 Å². The third-order valence-corrected chi connectivity index (χ3v) is 2.59. The number of rotatable bonds is 5. The second-order valence-corrected chi connectivity index (χ2v) is 3.98. The molecule has 0 aliphatic carbocycles. The van der Waals surface area contributed by atoms with E-state index in [9.17, 15) is 0 Å². The zero-order valence-electron chi connectivity index (χ0n) is 10.6. The molecule has 0 bridgehead atoms. The summed E-state index contributed by atoms with van der Waals surface area (Å²) < 4.78 is 0. The van der Waals surface area contributed by atoms with Crippen molar-refractivity contribution in [2.75, 3.05) is 0 Å². The summed E-state index contributed by atoms with van der Waals surface area (Å²) in [5.41, 5.74) is 3.10. The summed E-state index contributed by atoms with van der Waals surface area (Å²) in [6.45, 7) is 4.15. The van der Waals surface area contributed by atoms with Crippen LogP contribution < -0.4 is 0 Å². The zero-order chi connectivity index (χ0) is 12.5. The molecule has 17 heavy (non-hydrogen) atoms. The number of nitriles is 1. The van der Waals surface area contributed by atoms with Gasteiger partial charge in [0.05, 0.1) is 11.6 Å². The molecule has 0 aliphatic rings. The van der Waals surface area contributed by atoms with Gasteiger partial charge in [-0.2, -0.15) is 5.26 Å². The number of benzene rings is 1. The second kappa shape index (κ2) is 7.46. The first-order valence-corrected chi connectivity index (χ1v) is 6.12. The maximum absolute atomic E-state index is 9.16. The Morgan fingerprint density at radius 3 is 2.88 bits per heavy atom. The van der Waals surface area contributed by atoms with Gasteiger partial charge < -0.3 is 0 Å². The van der Waals surface area contributed by atoms with Crippen LogP contribution in [-0.4, -0.2) is 0 Å². The Hall–Kier alpha value is -1.81. The highest BCUT2D eigenvalue weighted by atomic mass is 14.2. The maximum Gasteiger partial charge on any atom is 0.0994 e. The molecular formula is C16H19N. The van der Waals surface area contributed by atoms with E-state index in [1.165, 1.54) is 5.56 Å². The van der Waals surface area contributed by atoms with E-state index in [1.54, 1.807) is 0 Å². The quantitative estimate of drug-likeness (QED) is 0.534. The molecule has 0 spiro atoms. The topological polar surface area (TPSA) is 23.8 Å². The lowest BCUT2D eigenvalue weighted by Gasteiger charge is -2.03. The average Bonchev–Trinajstić information content (AvgIpc) is 2.35. The summed E-state index contributed by atoms with van der Waals surface area (Å²) >= 11 is 0. The van der Waals surface area contributed by atoms with Crippen LogP contribution in [0.4, 0.5) is 0 Å². The van der Waals surface area contributed by atoms with E-state index in [4.69, 9.17) is 5.26 Å². The van der Waals surface area contributed by atoms with Crippen molar-refractivity contribution in [3.05, 3.63) is 53.6 Å². The molecule has 88 valence electrons. The molecule has 0 aliphatic heterocycles. The fraction of sp³-hybridized carbons (Fsp3) is 0.312. The van der Waals surface area contributed by atoms with Crippen LogP contribution in [0.3, 0.4) is 0 Å². The van der Waals surface area contributed by atoms with Crippen LogP contribution in [-0.2, 0) is 6.42 Å². The predicted octanol–water partition coefficient (Wildman–Crippen LogP) is 4.51. The van der Waals surface area contributed by atoms with Gasteiger partial charge in [0.1, 0.15) is 0 Å². The normalized spacial score (nSPS) is 11.7. The van der Waals surface area contributed by atoms with Crippen molar-refractivity contribution in [3.8, 4) is 6.07 Å². The highest BCUT2D eigenvalue weighted by Crippen LogP contribution is 2.17. The van der Waals surface area contributed by atoms with Gasteiger partial charge >= 0.3 is 0 Å². The van der Waals surface area contributed by atoms with Gasteiger partial charge in [0, 0.05) is 0 Å². The number of nitrogens with zero attached hydrogens (tertiary/aromatic N) is 1. The van der Waals surface area contributed by atoms with Crippen molar-refractivity contribution in [3.63, 3.8) is 0 Å². The van der Waals surface area contributed by atoms with E-state index in [-0.39, 0.29) is 0 Å². The molecule has 0 fully saturated rings.